The van der Waals surface area contributed by atoms with Gasteiger partial charge in [-0.2, -0.15) is 0 Å². The molecule has 0 aromatic carbocycles. The highest BCUT2D eigenvalue weighted by atomic mass is 19.1. The summed E-state index contributed by atoms with van der Waals surface area (Å²) < 4.78 is 46.1. The lowest BCUT2D eigenvalue weighted by Gasteiger charge is -2.28. The van der Waals surface area contributed by atoms with Gasteiger partial charge in [-0.25, -0.2) is 23.5 Å². The summed E-state index contributed by atoms with van der Waals surface area (Å²) >= 11 is 0. The largest absolute Gasteiger partial charge is 0.444 e. The maximum absolute atomic E-state index is 15.1. The Morgan fingerprint density at radius 2 is 1.88 bits per heavy atom. The van der Waals surface area contributed by atoms with Crippen molar-refractivity contribution in [1.82, 2.24) is 15.3 Å². The molecule has 2 amide bonds. The standard InChI is InChI=1S/C26H37F2N7O5/c1-6-38-14-20(15(2)31-25(37)40-26(3,4)5)33-23-18(27)12-17(21(29)36)22(34-23)32-16-11-19(28)24(30-13-16)35-7-9-39-10-8-35/h11-13,15,20H,6-10,14H2,1-5H3,(H2,29,36)(H,31,37)(H2,32,33,34)/t15-,20+/m0/s1. The highest BCUT2D eigenvalue weighted by Gasteiger charge is 2.26. The quantitative estimate of drug-likeness (QED) is 0.320. The zero-order valence-electron chi connectivity index (χ0n) is 23.3. The number of amides is 2. The first-order valence-corrected chi connectivity index (χ1v) is 13.0. The molecule has 0 unspecified atom stereocenters. The number of rotatable bonds is 11. The zero-order chi connectivity index (χ0) is 29.4. The molecule has 5 N–H and O–H groups in total. The third-order valence-corrected chi connectivity index (χ3v) is 5.81. The molecule has 0 saturated carbocycles. The average molecular weight is 566 g/mol. The lowest BCUT2D eigenvalue weighted by Crippen LogP contribution is -2.48. The molecule has 0 aliphatic carbocycles. The highest BCUT2D eigenvalue weighted by Crippen LogP contribution is 2.27. The van der Waals surface area contributed by atoms with Gasteiger partial charge in [0.2, 0.25) is 0 Å². The molecular formula is C26H37F2N7O5. The number of nitrogens with two attached hydrogens (primary N) is 1. The maximum atomic E-state index is 15.1. The summed E-state index contributed by atoms with van der Waals surface area (Å²) in [6.07, 6.45) is 0.722. The minimum atomic E-state index is -0.940. The van der Waals surface area contributed by atoms with Gasteiger partial charge in [0.1, 0.15) is 11.4 Å². The number of ether oxygens (including phenoxy) is 3. The Hall–Kier alpha value is -3.78. The predicted octanol–water partition coefficient (Wildman–Crippen LogP) is 3.16. The van der Waals surface area contributed by atoms with Crippen LogP contribution in [0.15, 0.2) is 18.3 Å². The highest BCUT2D eigenvalue weighted by molar-refractivity contribution is 5.98. The monoisotopic (exact) mass is 565 g/mol. The van der Waals surface area contributed by atoms with Crippen molar-refractivity contribution in [3.8, 4) is 0 Å². The summed E-state index contributed by atoms with van der Waals surface area (Å²) in [4.78, 5) is 34.6. The number of primary amides is 1. The number of carbonyl (C=O) groups is 2. The van der Waals surface area contributed by atoms with Crippen molar-refractivity contribution in [2.75, 3.05) is 55.1 Å². The number of nitrogens with zero attached hydrogens (tertiary/aromatic N) is 3. The first-order valence-electron chi connectivity index (χ1n) is 13.0. The Balaban J connectivity index is 1.85. The van der Waals surface area contributed by atoms with Crippen LogP contribution in [-0.4, -0.2) is 79.2 Å². The van der Waals surface area contributed by atoms with Crippen LogP contribution in [-0.2, 0) is 14.2 Å². The summed E-state index contributed by atoms with van der Waals surface area (Å²) in [7, 11) is 0. The van der Waals surface area contributed by atoms with Crippen LogP contribution in [0.5, 0.6) is 0 Å². The van der Waals surface area contributed by atoms with Crippen LogP contribution in [0.3, 0.4) is 0 Å². The van der Waals surface area contributed by atoms with E-state index in [2.05, 4.69) is 25.9 Å². The van der Waals surface area contributed by atoms with Crippen LogP contribution in [0.1, 0.15) is 45.0 Å². The first kappa shape index (κ1) is 30.8. The number of morpholine rings is 1. The average Bonchev–Trinajstić information content (AvgIpc) is 2.87. The Kier molecular flexibility index (Phi) is 10.4. The zero-order valence-corrected chi connectivity index (χ0v) is 23.3. The number of anilines is 4. The lowest BCUT2D eigenvalue weighted by molar-refractivity contribution is 0.0487. The number of pyridine rings is 2. The molecule has 3 heterocycles. The van der Waals surface area contributed by atoms with Gasteiger partial charge in [-0.1, -0.05) is 0 Å². The fourth-order valence-corrected chi connectivity index (χ4v) is 3.84. The number of aromatic nitrogens is 2. The van der Waals surface area contributed by atoms with Gasteiger partial charge in [0.15, 0.2) is 23.3 Å². The molecule has 1 saturated heterocycles. The summed E-state index contributed by atoms with van der Waals surface area (Å²) in [6, 6.07) is 0.899. The van der Waals surface area contributed by atoms with Crippen LogP contribution in [0.25, 0.3) is 0 Å². The van der Waals surface area contributed by atoms with Gasteiger partial charge in [0.05, 0.1) is 49.4 Å². The number of alkyl carbamates (subject to hydrolysis) is 1. The molecule has 12 nitrogen and oxygen atoms in total. The van der Waals surface area contributed by atoms with Crippen molar-refractivity contribution >= 4 is 35.1 Å². The van der Waals surface area contributed by atoms with Gasteiger partial charge in [-0.15, -0.1) is 0 Å². The van der Waals surface area contributed by atoms with Crippen molar-refractivity contribution in [1.29, 1.82) is 0 Å². The second-order valence-corrected chi connectivity index (χ2v) is 10.2. The van der Waals surface area contributed by atoms with E-state index in [9.17, 15) is 14.0 Å². The summed E-state index contributed by atoms with van der Waals surface area (Å²) in [5.41, 5.74) is 4.68. The lowest BCUT2D eigenvalue weighted by atomic mass is 10.1. The summed E-state index contributed by atoms with van der Waals surface area (Å²) in [5.74, 6) is -2.58. The maximum Gasteiger partial charge on any atom is 0.407 e. The number of carbonyl (C=O) groups excluding carboxylic acids is 2. The molecule has 14 heteroatoms. The molecule has 1 aliphatic heterocycles. The predicted molar refractivity (Wildman–Crippen MR) is 146 cm³/mol. The Morgan fingerprint density at radius 3 is 2.48 bits per heavy atom. The van der Waals surface area contributed by atoms with Crippen LogP contribution >= 0.6 is 0 Å². The minimum absolute atomic E-state index is 0.0903. The van der Waals surface area contributed by atoms with E-state index < -0.39 is 41.3 Å². The van der Waals surface area contributed by atoms with E-state index in [0.29, 0.717) is 32.9 Å². The number of halogens is 2. The molecular weight excluding hydrogens is 528 g/mol. The third kappa shape index (κ3) is 8.61. The van der Waals surface area contributed by atoms with E-state index in [-0.39, 0.29) is 35.3 Å². The SMILES string of the molecule is CCOC[C@@H](Nc1nc(Nc2cnc(N3CCOCC3)c(F)c2)c(C(N)=O)cc1F)[C@H](C)NC(=O)OC(C)(C)C. The molecule has 0 bridgehead atoms. The van der Waals surface area contributed by atoms with E-state index in [1.165, 1.54) is 12.3 Å². The minimum Gasteiger partial charge on any atom is -0.444 e. The molecule has 1 aliphatic rings. The number of nitrogens with one attached hydrogen (secondary N) is 3. The van der Waals surface area contributed by atoms with Crippen molar-refractivity contribution < 1.29 is 32.6 Å². The van der Waals surface area contributed by atoms with Crippen molar-refractivity contribution in [3.63, 3.8) is 0 Å². The van der Waals surface area contributed by atoms with Gasteiger partial charge >= 0.3 is 6.09 Å². The van der Waals surface area contributed by atoms with Crippen LogP contribution < -0.4 is 26.6 Å². The fourth-order valence-electron chi connectivity index (χ4n) is 3.84. The van der Waals surface area contributed by atoms with E-state index in [1.807, 2.05) is 0 Å². The molecule has 2 aromatic rings. The number of hydrogen-bond donors (Lipinski definition) is 4. The van der Waals surface area contributed by atoms with E-state index in [1.54, 1.807) is 39.5 Å². The van der Waals surface area contributed by atoms with Crippen molar-refractivity contribution in [2.24, 2.45) is 5.73 Å². The normalized spacial score (nSPS) is 15.2. The summed E-state index contributed by atoms with van der Waals surface area (Å²) in [5, 5.41) is 8.44. The molecule has 2 aromatic heterocycles. The molecule has 40 heavy (non-hydrogen) atoms. The van der Waals surface area contributed by atoms with Crippen LogP contribution in [0.4, 0.5) is 36.7 Å². The fraction of sp³-hybridized carbons (Fsp3) is 0.538. The van der Waals surface area contributed by atoms with E-state index in [4.69, 9.17) is 19.9 Å². The second-order valence-electron chi connectivity index (χ2n) is 10.2. The van der Waals surface area contributed by atoms with Crippen molar-refractivity contribution in [3.05, 3.63) is 35.5 Å². The van der Waals surface area contributed by atoms with Gasteiger partial charge in [-0.05, 0) is 40.7 Å². The van der Waals surface area contributed by atoms with Gasteiger partial charge in [-0.3, -0.25) is 4.79 Å². The van der Waals surface area contributed by atoms with Gasteiger partial charge in [0, 0.05) is 25.8 Å². The van der Waals surface area contributed by atoms with Crippen LogP contribution in [0, 0.1) is 11.6 Å². The Bertz CT molecular complexity index is 1190. The smallest absolute Gasteiger partial charge is 0.407 e. The number of hydrogen-bond acceptors (Lipinski definition) is 10. The van der Waals surface area contributed by atoms with E-state index in [0.717, 1.165) is 6.07 Å². The molecule has 0 radical (unpaired) electrons. The van der Waals surface area contributed by atoms with Crippen LogP contribution in [0.2, 0.25) is 0 Å². The molecule has 2 atom stereocenters. The molecule has 0 spiro atoms. The topological polar surface area (TPSA) is 153 Å². The first-order chi connectivity index (χ1) is 18.9. The van der Waals surface area contributed by atoms with Gasteiger partial charge in [0.25, 0.3) is 5.91 Å². The molecule has 1 fully saturated rings. The molecule has 220 valence electrons. The summed E-state index contributed by atoms with van der Waals surface area (Å²) in [6.45, 7) is 11.1. The van der Waals surface area contributed by atoms with Gasteiger partial charge < -0.3 is 40.8 Å². The van der Waals surface area contributed by atoms with E-state index >= 15 is 4.39 Å². The third-order valence-electron chi connectivity index (χ3n) is 5.81. The molecule has 3 rings (SSSR count). The Morgan fingerprint density at radius 1 is 1.18 bits per heavy atom. The second kappa shape index (κ2) is 13.5. The Labute approximate surface area is 232 Å². The van der Waals surface area contributed by atoms with Crippen molar-refractivity contribution in [2.45, 2.75) is 52.3 Å².